The second-order valence-electron chi connectivity index (χ2n) is 4.25. The van der Waals surface area contributed by atoms with E-state index in [2.05, 4.69) is 13.0 Å². The van der Waals surface area contributed by atoms with E-state index in [1.165, 1.54) is 17.5 Å². The van der Waals surface area contributed by atoms with Crippen molar-refractivity contribution in [3.05, 3.63) is 34.3 Å². The van der Waals surface area contributed by atoms with Crippen LogP contribution in [0.2, 0.25) is 5.02 Å². The number of benzene rings is 1. The first-order valence-electron chi connectivity index (χ1n) is 5.05. The summed E-state index contributed by atoms with van der Waals surface area (Å²) in [6, 6.07) is 5.96. The Morgan fingerprint density at radius 3 is 2.57 bits per heavy atom. The summed E-state index contributed by atoms with van der Waals surface area (Å²) >= 11 is 5.91. The van der Waals surface area contributed by atoms with Crippen LogP contribution in [0, 0.1) is 6.92 Å². The van der Waals surface area contributed by atoms with Gasteiger partial charge in [-0.25, -0.2) is 0 Å². The molecule has 1 aliphatic carbocycles. The van der Waals surface area contributed by atoms with Crippen LogP contribution in [0.25, 0.3) is 0 Å². The second-order valence-corrected chi connectivity index (χ2v) is 4.69. The lowest BCUT2D eigenvalue weighted by Crippen LogP contribution is -2.38. The van der Waals surface area contributed by atoms with E-state index in [4.69, 9.17) is 11.6 Å². The summed E-state index contributed by atoms with van der Waals surface area (Å²) in [6.45, 7) is 2.33. The van der Waals surface area contributed by atoms with Crippen molar-refractivity contribution in [1.29, 1.82) is 0 Å². The molecule has 0 saturated heterocycles. The van der Waals surface area contributed by atoms with Crippen molar-refractivity contribution in [2.45, 2.75) is 31.6 Å². The summed E-state index contributed by atoms with van der Waals surface area (Å²) in [7, 11) is 0. The maximum absolute atomic E-state index is 9.45. The van der Waals surface area contributed by atoms with Crippen LogP contribution in [-0.2, 0) is 5.41 Å². The van der Waals surface area contributed by atoms with E-state index in [-0.39, 0.29) is 12.0 Å². The molecule has 0 atom stereocenters. The van der Waals surface area contributed by atoms with Crippen molar-refractivity contribution in [1.82, 2.24) is 0 Å². The summed E-state index contributed by atoms with van der Waals surface area (Å²) in [6.07, 6.45) is 3.43. The average molecular weight is 211 g/mol. The van der Waals surface area contributed by atoms with E-state index >= 15 is 0 Å². The third kappa shape index (κ3) is 1.45. The molecule has 0 unspecified atom stereocenters. The lowest BCUT2D eigenvalue weighted by molar-refractivity contribution is 0.119. The van der Waals surface area contributed by atoms with Gasteiger partial charge in [-0.1, -0.05) is 24.1 Å². The first-order valence-corrected chi connectivity index (χ1v) is 5.43. The van der Waals surface area contributed by atoms with Gasteiger partial charge in [-0.2, -0.15) is 0 Å². The molecule has 1 N–H and O–H groups in total. The fourth-order valence-electron chi connectivity index (χ4n) is 2.34. The number of aliphatic hydroxyl groups is 1. The van der Waals surface area contributed by atoms with Crippen molar-refractivity contribution >= 4 is 11.6 Å². The maximum atomic E-state index is 9.45. The quantitative estimate of drug-likeness (QED) is 0.796. The highest BCUT2D eigenvalue weighted by atomic mass is 35.5. The van der Waals surface area contributed by atoms with Crippen LogP contribution in [0.4, 0.5) is 0 Å². The molecule has 2 heteroatoms. The van der Waals surface area contributed by atoms with E-state index in [1.54, 1.807) is 0 Å². The first kappa shape index (κ1) is 10.0. The minimum Gasteiger partial charge on any atom is -0.395 e. The van der Waals surface area contributed by atoms with Gasteiger partial charge in [0.2, 0.25) is 0 Å². The molecule has 1 fully saturated rings. The molecule has 1 aromatic rings. The van der Waals surface area contributed by atoms with Crippen LogP contribution in [0.5, 0.6) is 0 Å². The predicted molar refractivity (Wildman–Crippen MR) is 58.8 cm³/mol. The number of rotatable bonds is 2. The minimum atomic E-state index is 0.0364. The van der Waals surface area contributed by atoms with Crippen LogP contribution in [-0.4, -0.2) is 11.7 Å². The van der Waals surface area contributed by atoms with Gasteiger partial charge in [-0.05, 0) is 43.0 Å². The Bertz CT molecular complexity index is 337. The molecule has 1 aliphatic rings. The topological polar surface area (TPSA) is 20.2 Å². The molecule has 1 aromatic carbocycles. The van der Waals surface area contributed by atoms with Gasteiger partial charge in [0, 0.05) is 10.4 Å². The Kier molecular flexibility index (Phi) is 2.54. The molecule has 0 aromatic heterocycles. The lowest BCUT2D eigenvalue weighted by atomic mass is 9.64. The summed E-state index contributed by atoms with van der Waals surface area (Å²) in [5.41, 5.74) is 2.51. The molecule has 1 saturated carbocycles. The Morgan fingerprint density at radius 1 is 1.43 bits per heavy atom. The summed E-state index contributed by atoms with van der Waals surface area (Å²) in [5, 5.41) is 10.2. The third-order valence-electron chi connectivity index (χ3n) is 3.37. The predicted octanol–water partition coefficient (Wildman–Crippen LogP) is 3.06. The molecular formula is C12H15ClO. The highest BCUT2D eigenvalue weighted by Crippen LogP contribution is 2.44. The molecule has 0 aliphatic heterocycles. The zero-order valence-electron chi connectivity index (χ0n) is 8.39. The molecule has 2 rings (SSSR count). The molecular weight excluding hydrogens is 196 g/mol. The van der Waals surface area contributed by atoms with E-state index in [1.807, 2.05) is 12.1 Å². The van der Waals surface area contributed by atoms with Gasteiger partial charge in [0.1, 0.15) is 0 Å². The van der Waals surface area contributed by atoms with Crippen LogP contribution in [0.1, 0.15) is 30.4 Å². The fourth-order valence-corrected chi connectivity index (χ4v) is 2.56. The van der Waals surface area contributed by atoms with Crippen molar-refractivity contribution in [3.63, 3.8) is 0 Å². The third-order valence-corrected chi connectivity index (χ3v) is 3.61. The monoisotopic (exact) mass is 210 g/mol. The zero-order chi connectivity index (χ0) is 10.2. The molecule has 14 heavy (non-hydrogen) atoms. The van der Waals surface area contributed by atoms with Crippen LogP contribution >= 0.6 is 11.6 Å². The van der Waals surface area contributed by atoms with Crippen molar-refractivity contribution in [2.75, 3.05) is 6.61 Å². The standard InChI is InChI=1S/C12H15ClO/c1-9-7-10(13)3-4-11(9)12(8-14)5-2-6-12/h3-4,7,14H,2,5-6,8H2,1H3. The highest BCUT2D eigenvalue weighted by Gasteiger charge is 2.38. The molecule has 0 spiro atoms. The first-order chi connectivity index (χ1) is 6.68. The minimum absolute atomic E-state index is 0.0364. The SMILES string of the molecule is Cc1cc(Cl)ccc1C1(CO)CCC1. The normalized spacial score (nSPS) is 19.1. The lowest BCUT2D eigenvalue weighted by Gasteiger charge is -2.41. The van der Waals surface area contributed by atoms with Crippen LogP contribution in [0.15, 0.2) is 18.2 Å². The largest absolute Gasteiger partial charge is 0.395 e. The smallest absolute Gasteiger partial charge is 0.0528 e. The molecule has 76 valence electrons. The van der Waals surface area contributed by atoms with Gasteiger partial charge in [-0.3, -0.25) is 0 Å². The molecule has 0 heterocycles. The maximum Gasteiger partial charge on any atom is 0.0528 e. The number of aryl methyl sites for hydroxylation is 1. The van der Waals surface area contributed by atoms with Crippen LogP contribution < -0.4 is 0 Å². The van der Waals surface area contributed by atoms with Gasteiger partial charge < -0.3 is 5.11 Å². The van der Waals surface area contributed by atoms with Crippen molar-refractivity contribution < 1.29 is 5.11 Å². The Balaban J connectivity index is 2.40. The average Bonchev–Trinajstić information content (AvgIpc) is 2.07. The van der Waals surface area contributed by atoms with E-state index in [0.29, 0.717) is 0 Å². The van der Waals surface area contributed by atoms with E-state index in [0.717, 1.165) is 17.9 Å². The highest BCUT2D eigenvalue weighted by molar-refractivity contribution is 6.30. The van der Waals surface area contributed by atoms with E-state index in [9.17, 15) is 5.11 Å². The Hall–Kier alpha value is -0.530. The molecule has 1 nitrogen and oxygen atoms in total. The summed E-state index contributed by atoms with van der Waals surface area (Å²) in [4.78, 5) is 0. The fraction of sp³-hybridized carbons (Fsp3) is 0.500. The number of aliphatic hydroxyl groups excluding tert-OH is 1. The molecule has 0 radical (unpaired) electrons. The molecule has 0 bridgehead atoms. The van der Waals surface area contributed by atoms with Gasteiger partial charge in [-0.15, -0.1) is 0 Å². The van der Waals surface area contributed by atoms with Crippen molar-refractivity contribution in [2.24, 2.45) is 0 Å². The van der Waals surface area contributed by atoms with Gasteiger partial charge in [0.25, 0.3) is 0 Å². The summed E-state index contributed by atoms with van der Waals surface area (Å²) in [5.74, 6) is 0. The number of halogens is 1. The van der Waals surface area contributed by atoms with E-state index < -0.39 is 0 Å². The zero-order valence-corrected chi connectivity index (χ0v) is 9.14. The Morgan fingerprint density at radius 2 is 2.14 bits per heavy atom. The number of hydrogen-bond acceptors (Lipinski definition) is 1. The van der Waals surface area contributed by atoms with Crippen molar-refractivity contribution in [3.8, 4) is 0 Å². The van der Waals surface area contributed by atoms with Gasteiger partial charge in [0.15, 0.2) is 0 Å². The van der Waals surface area contributed by atoms with Gasteiger partial charge >= 0.3 is 0 Å². The Labute approximate surface area is 89.7 Å². The second kappa shape index (κ2) is 3.56. The van der Waals surface area contributed by atoms with Crippen LogP contribution in [0.3, 0.4) is 0 Å². The van der Waals surface area contributed by atoms with Gasteiger partial charge in [0.05, 0.1) is 6.61 Å². The number of hydrogen-bond donors (Lipinski definition) is 1. The summed E-state index contributed by atoms with van der Waals surface area (Å²) < 4.78 is 0. The molecule has 0 amide bonds.